The average molecular weight is 387 g/mol. The Labute approximate surface area is 171 Å². The van der Waals surface area contributed by atoms with E-state index >= 15 is 0 Å². The van der Waals surface area contributed by atoms with Gasteiger partial charge >= 0.3 is 0 Å². The molecule has 3 aromatic rings. The van der Waals surface area contributed by atoms with E-state index in [9.17, 15) is 4.79 Å². The monoisotopic (exact) mass is 387 g/mol. The first-order valence-electron chi connectivity index (χ1n) is 9.99. The first-order chi connectivity index (χ1) is 14.3. The van der Waals surface area contributed by atoms with Gasteiger partial charge in [0.25, 0.3) is 0 Å². The third kappa shape index (κ3) is 4.69. The van der Waals surface area contributed by atoms with Crippen LogP contribution in [0.2, 0.25) is 0 Å². The molecule has 0 atom stereocenters. The van der Waals surface area contributed by atoms with Crippen molar-refractivity contribution in [3.05, 3.63) is 84.4 Å². The molecule has 0 unspecified atom stereocenters. The van der Waals surface area contributed by atoms with Crippen molar-refractivity contribution in [1.29, 1.82) is 0 Å². The third-order valence-corrected chi connectivity index (χ3v) is 5.62. The Hall–Kier alpha value is -3.05. The van der Waals surface area contributed by atoms with Crippen LogP contribution in [0.15, 0.2) is 73.3 Å². The molecule has 0 spiro atoms. The summed E-state index contributed by atoms with van der Waals surface area (Å²) in [5.41, 5.74) is 4.03. The summed E-state index contributed by atoms with van der Waals surface area (Å²) < 4.78 is 5.56. The van der Waals surface area contributed by atoms with Crippen LogP contribution >= 0.6 is 0 Å². The van der Waals surface area contributed by atoms with Gasteiger partial charge in [-0.15, -0.1) is 0 Å². The van der Waals surface area contributed by atoms with E-state index in [-0.39, 0.29) is 5.91 Å². The number of amides is 1. The van der Waals surface area contributed by atoms with Crippen LogP contribution in [0.3, 0.4) is 0 Å². The molecule has 1 amide bonds. The molecule has 1 fully saturated rings. The van der Waals surface area contributed by atoms with Gasteiger partial charge in [-0.1, -0.05) is 30.3 Å². The second kappa shape index (κ2) is 8.97. The largest absolute Gasteiger partial charge is 0.381 e. The molecule has 1 N–H and O–H groups in total. The number of hydrogen-bond donors (Lipinski definition) is 1. The molecule has 0 aliphatic carbocycles. The fourth-order valence-electron chi connectivity index (χ4n) is 3.87. The van der Waals surface area contributed by atoms with E-state index in [1.54, 1.807) is 24.8 Å². The van der Waals surface area contributed by atoms with Crippen LogP contribution in [0.25, 0.3) is 11.1 Å². The van der Waals surface area contributed by atoms with Crippen molar-refractivity contribution in [2.24, 2.45) is 5.41 Å². The number of hydrogen-bond acceptors (Lipinski definition) is 4. The molecule has 1 aromatic carbocycles. The molecule has 5 nitrogen and oxygen atoms in total. The van der Waals surface area contributed by atoms with Crippen molar-refractivity contribution < 1.29 is 9.53 Å². The number of pyridine rings is 2. The van der Waals surface area contributed by atoms with E-state index in [1.165, 1.54) is 5.56 Å². The summed E-state index contributed by atoms with van der Waals surface area (Å²) in [6.07, 6.45) is 9.30. The SMILES string of the molecule is O=C(NCc1cccnc1)C1(Cc2ccc(-c3ccncc3)cc2)CCOCC1. The van der Waals surface area contributed by atoms with Crippen molar-refractivity contribution in [3.8, 4) is 11.1 Å². The number of nitrogens with one attached hydrogen (secondary N) is 1. The fraction of sp³-hybridized carbons (Fsp3) is 0.292. The maximum Gasteiger partial charge on any atom is 0.226 e. The van der Waals surface area contributed by atoms with Gasteiger partial charge in [0, 0.05) is 44.5 Å². The van der Waals surface area contributed by atoms with Gasteiger partial charge in [0.05, 0.1) is 5.41 Å². The Morgan fingerprint density at radius 2 is 1.62 bits per heavy atom. The Balaban J connectivity index is 1.48. The standard InChI is InChI=1S/C24H25N3O2/c28-23(27-18-20-2-1-11-26-17-20)24(9-14-29-15-10-24)16-19-3-5-21(6-4-19)22-7-12-25-13-8-22/h1-8,11-13,17H,9-10,14-16,18H2,(H,27,28). The number of benzene rings is 1. The van der Waals surface area contributed by atoms with Crippen LogP contribution in [-0.2, 0) is 22.5 Å². The molecule has 2 aromatic heterocycles. The van der Waals surface area contributed by atoms with E-state index < -0.39 is 5.41 Å². The number of rotatable bonds is 6. The van der Waals surface area contributed by atoms with E-state index in [4.69, 9.17) is 4.74 Å². The lowest BCUT2D eigenvalue weighted by molar-refractivity contribution is -0.136. The van der Waals surface area contributed by atoms with Crippen LogP contribution in [0.5, 0.6) is 0 Å². The highest BCUT2D eigenvalue weighted by Gasteiger charge is 2.39. The number of aromatic nitrogens is 2. The zero-order valence-corrected chi connectivity index (χ0v) is 16.4. The first kappa shape index (κ1) is 19.3. The fourth-order valence-corrected chi connectivity index (χ4v) is 3.87. The maximum atomic E-state index is 13.2. The van der Waals surface area contributed by atoms with Gasteiger partial charge in [0.1, 0.15) is 0 Å². The second-order valence-corrected chi connectivity index (χ2v) is 7.55. The predicted molar refractivity (Wildman–Crippen MR) is 112 cm³/mol. The zero-order chi connectivity index (χ0) is 19.9. The minimum atomic E-state index is -0.432. The minimum absolute atomic E-state index is 0.0999. The quantitative estimate of drug-likeness (QED) is 0.699. The van der Waals surface area contributed by atoms with Gasteiger partial charge < -0.3 is 10.1 Å². The normalized spacial score (nSPS) is 15.6. The van der Waals surface area contributed by atoms with Crippen LogP contribution in [0, 0.1) is 5.41 Å². The van der Waals surface area contributed by atoms with Crippen LogP contribution in [0.1, 0.15) is 24.0 Å². The molecule has 29 heavy (non-hydrogen) atoms. The summed E-state index contributed by atoms with van der Waals surface area (Å²) in [5, 5.41) is 3.13. The van der Waals surface area contributed by atoms with Crippen molar-refractivity contribution in [2.45, 2.75) is 25.8 Å². The molecule has 0 saturated carbocycles. The van der Waals surface area contributed by atoms with Gasteiger partial charge in [0.15, 0.2) is 0 Å². The Morgan fingerprint density at radius 1 is 0.897 bits per heavy atom. The summed E-state index contributed by atoms with van der Waals surface area (Å²) in [5.74, 6) is 0.0999. The predicted octanol–water partition coefficient (Wildman–Crippen LogP) is 3.80. The average Bonchev–Trinajstić information content (AvgIpc) is 2.80. The molecule has 3 heterocycles. The molecule has 5 heteroatoms. The third-order valence-electron chi connectivity index (χ3n) is 5.62. The smallest absolute Gasteiger partial charge is 0.226 e. The van der Waals surface area contributed by atoms with Crippen molar-refractivity contribution in [1.82, 2.24) is 15.3 Å². The summed E-state index contributed by atoms with van der Waals surface area (Å²) in [6.45, 7) is 1.74. The van der Waals surface area contributed by atoms with E-state index in [0.29, 0.717) is 26.2 Å². The van der Waals surface area contributed by atoms with Gasteiger partial charge in [-0.3, -0.25) is 14.8 Å². The zero-order valence-electron chi connectivity index (χ0n) is 16.4. The summed E-state index contributed by atoms with van der Waals surface area (Å²) in [4.78, 5) is 21.4. The lowest BCUT2D eigenvalue weighted by atomic mass is 9.74. The van der Waals surface area contributed by atoms with E-state index in [1.807, 2.05) is 24.3 Å². The molecule has 148 valence electrons. The van der Waals surface area contributed by atoms with Crippen LogP contribution in [0.4, 0.5) is 0 Å². The van der Waals surface area contributed by atoms with Crippen LogP contribution < -0.4 is 5.32 Å². The van der Waals surface area contributed by atoms with Gasteiger partial charge in [0.2, 0.25) is 5.91 Å². The van der Waals surface area contributed by atoms with Crippen molar-refractivity contribution >= 4 is 5.91 Å². The van der Waals surface area contributed by atoms with Gasteiger partial charge in [-0.05, 0) is 59.7 Å². The molecule has 0 bridgehead atoms. The molecule has 0 radical (unpaired) electrons. The van der Waals surface area contributed by atoms with Gasteiger partial charge in [-0.25, -0.2) is 0 Å². The van der Waals surface area contributed by atoms with E-state index in [0.717, 1.165) is 29.5 Å². The summed E-state index contributed by atoms with van der Waals surface area (Å²) in [6, 6.07) is 16.3. The number of nitrogens with zero attached hydrogens (tertiary/aromatic N) is 2. The first-order valence-corrected chi connectivity index (χ1v) is 9.99. The van der Waals surface area contributed by atoms with E-state index in [2.05, 4.69) is 39.6 Å². The van der Waals surface area contributed by atoms with Gasteiger partial charge in [-0.2, -0.15) is 0 Å². The highest BCUT2D eigenvalue weighted by atomic mass is 16.5. The van der Waals surface area contributed by atoms with Crippen molar-refractivity contribution in [3.63, 3.8) is 0 Å². The van der Waals surface area contributed by atoms with Crippen molar-refractivity contribution in [2.75, 3.05) is 13.2 Å². The molecule has 4 rings (SSSR count). The highest BCUT2D eigenvalue weighted by Crippen LogP contribution is 2.35. The topological polar surface area (TPSA) is 64.1 Å². The molecular formula is C24H25N3O2. The molecule has 1 aliphatic heterocycles. The molecule has 1 aliphatic rings. The number of carbonyl (C=O) groups excluding carboxylic acids is 1. The lowest BCUT2D eigenvalue weighted by Gasteiger charge is -2.36. The molecule has 1 saturated heterocycles. The highest BCUT2D eigenvalue weighted by molar-refractivity contribution is 5.83. The number of carbonyl (C=O) groups is 1. The Bertz CT molecular complexity index is 921. The Kier molecular flexibility index (Phi) is 5.96. The lowest BCUT2D eigenvalue weighted by Crippen LogP contribution is -2.45. The minimum Gasteiger partial charge on any atom is -0.381 e. The second-order valence-electron chi connectivity index (χ2n) is 7.55. The Morgan fingerprint density at radius 3 is 2.31 bits per heavy atom. The van der Waals surface area contributed by atoms with Crippen LogP contribution in [-0.4, -0.2) is 29.1 Å². The molecular weight excluding hydrogens is 362 g/mol. The summed E-state index contributed by atoms with van der Waals surface area (Å²) in [7, 11) is 0. The summed E-state index contributed by atoms with van der Waals surface area (Å²) >= 11 is 0. The number of ether oxygens (including phenoxy) is 1. The maximum absolute atomic E-state index is 13.2.